The molecule has 0 saturated heterocycles. The van der Waals surface area contributed by atoms with E-state index >= 15 is 0 Å². The van der Waals surface area contributed by atoms with Crippen LogP contribution in [0.25, 0.3) is 0 Å². The van der Waals surface area contributed by atoms with Gasteiger partial charge in [0, 0.05) is 11.6 Å². The summed E-state index contributed by atoms with van der Waals surface area (Å²) in [6.07, 6.45) is 2.11. The molecular formula is C12H15ClN2O. The number of halogens is 1. The monoisotopic (exact) mass is 238 g/mol. The zero-order valence-electron chi connectivity index (χ0n) is 8.95. The lowest BCUT2D eigenvalue weighted by molar-refractivity contribution is -0.122. The van der Waals surface area contributed by atoms with Crippen molar-refractivity contribution >= 4 is 17.5 Å². The van der Waals surface area contributed by atoms with Crippen molar-refractivity contribution in [2.75, 3.05) is 0 Å². The van der Waals surface area contributed by atoms with Gasteiger partial charge in [-0.05, 0) is 24.1 Å². The number of nitrogens with one attached hydrogen (secondary N) is 1. The molecule has 4 heteroatoms. The highest BCUT2D eigenvalue weighted by molar-refractivity contribution is 6.30. The van der Waals surface area contributed by atoms with Crippen molar-refractivity contribution in [3.05, 3.63) is 47.5 Å². The first-order valence-electron chi connectivity index (χ1n) is 5.02. The maximum absolute atomic E-state index is 11.5. The quantitative estimate of drug-likeness (QED) is 0.770. The summed E-state index contributed by atoms with van der Waals surface area (Å²) in [5.41, 5.74) is 6.60. The van der Waals surface area contributed by atoms with E-state index in [1.54, 1.807) is 18.2 Å². The van der Waals surface area contributed by atoms with Gasteiger partial charge in [0.2, 0.25) is 5.91 Å². The Hall–Kier alpha value is -1.32. The van der Waals surface area contributed by atoms with Crippen molar-refractivity contribution in [2.45, 2.75) is 19.0 Å². The number of carbonyl (C=O) groups excluding carboxylic acids is 1. The Morgan fingerprint density at radius 3 is 2.69 bits per heavy atom. The van der Waals surface area contributed by atoms with Gasteiger partial charge in [-0.3, -0.25) is 4.79 Å². The van der Waals surface area contributed by atoms with Crippen molar-refractivity contribution in [2.24, 2.45) is 5.73 Å². The third kappa shape index (κ3) is 4.04. The number of carbonyl (C=O) groups is 1. The van der Waals surface area contributed by atoms with E-state index in [2.05, 4.69) is 11.9 Å². The molecule has 0 aromatic heterocycles. The minimum Gasteiger partial charge on any atom is -0.351 e. The van der Waals surface area contributed by atoms with E-state index in [0.717, 1.165) is 5.56 Å². The Balaban J connectivity index is 2.42. The second kappa shape index (κ2) is 6.30. The molecule has 1 rings (SSSR count). The van der Waals surface area contributed by atoms with Crippen LogP contribution in [0.15, 0.2) is 36.9 Å². The molecule has 0 fully saturated rings. The molecule has 1 amide bonds. The van der Waals surface area contributed by atoms with Gasteiger partial charge in [0.15, 0.2) is 0 Å². The third-order valence-corrected chi connectivity index (χ3v) is 2.39. The van der Waals surface area contributed by atoms with Gasteiger partial charge >= 0.3 is 0 Å². The van der Waals surface area contributed by atoms with Crippen LogP contribution >= 0.6 is 11.6 Å². The SMILES string of the molecule is C=CCC(N)C(=O)NCc1ccc(Cl)cc1. The average molecular weight is 239 g/mol. The van der Waals surface area contributed by atoms with Gasteiger partial charge in [-0.2, -0.15) is 0 Å². The molecule has 0 bridgehead atoms. The van der Waals surface area contributed by atoms with Crippen LogP contribution in [-0.2, 0) is 11.3 Å². The zero-order chi connectivity index (χ0) is 12.0. The molecule has 0 saturated carbocycles. The number of hydrogen-bond donors (Lipinski definition) is 2. The molecule has 86 valence electrons. The fraction of sp³-hybridized carbons (Fsp3) is 0.250. The highest BCUT2D eigenvalue weighted by atomic mass is 35.5. The van der Waals surface area contributed by atoms with E-state index in [1.165, 1.54) is 0 Å². The number of nitrogens with two attached hydrogens (primary N) is 1. The average Bonchev–Trinajstić information content (AvgIpc) is 2.28. The maximum atomic E-state index is 11.5. The van der Waals surface area contributed by atoms with Crippen LogP contribution in [0.5, 0.6) is 0 Å². The zero-order valence-corrected chi connectivity index (χ0v) is 9.70. The normalized spacial score (nSPS) is 11.9. The Bertz CT molecular complexity index is 362. The lowest BCUT2D eigenvalue weighted by Crippen LogP contribution is -2.39. The molecule has 1 unspecified atom stereocenters. The van der Waals surface area contributed by atoms with Gasteiger partial charge in [0.1, 0.15) is 0 Å². The van der Waals surface area contributed by atoms with Gasteiger partial charge < -0.3 is 11.1 Å². The number of hydrogen-bond acceptors (Lipinski definition) is 2. The topological polar surface area (TPSA) is 55.1 Å². The lowest BCUT2D eigenvalue weighted by atomic mass is 10.2. The summed E-state index contributed by atoms with van der Waals surface area (Å²) < 4.78 is 0. The highest BCUT2D eigenvalue weighted by Crippen LogP contribution is 2.09. The maximum Gasteiger partial charge on any atom is 0.237 e. The van der Waals surface area contributed by atoms with E-state index in [0.29, 0.717) is 18.0 Å². The summed E-state index contributed by atoms with van der Waals surface area (Å²) in [7, 11) is 0. The van der Waals surface area contributed by atoms with Crippen molar-refractivity contribution in [3.8, 4) is 0 Å². The fourth-order valence-electron chi connectivity index (χ4n) is 1.21. The molecule has 1 aromatic carbocycles. The van der Waals surface area contributed by atoms with Crippen LogP contribution in [0.1, 0.15) is 12.0 Å². The molecule has 3 nitrogen and oxygen atoms in total. The lowest BCUT2D eigenvalue weighted by Gasteiger charge is -2.10. The van der Waals surface area contributed by atoms with Gasteiger partial charge in [-0.1, -0.05) is 29.8 Å². The molecule has 0 radical (unpaired) electrons. The molecule has 0 aliphatic rings. The van der Waals surface area contributed by atoms with Crippen LogP contribution < -0.4 is 11.1 Å². The molecule has 1 atom stereocenters. The minimum absolute atomic E-state index is 0.171. The summed E-state index contributed by atoms with van der Waals surface area (Å²) in [6.45, 7) is 4.00. The van der Waals surface area contributed by atoms with Gasteiger partial charge in [-0.25, -0.2) is 0 Å². The number of benzene rings is 1. The van der Waals surface area contributed by atoms with E-state index in [9.17, 15) is 4.79 Å². The summed E-state index contributed by atoms with van der Waals surface area (Å²) in [5, 5.41) is 3.43. The first kappa shape index (κ1) is 12.7. The fourth-order valence-corrected chi connectivity index (χ4v) is 1.34. The van der Waals surface area contributed by atoms with Crippen LogP contribution in [0, 0.1) is 0 Å². The van der Waals surface area contributed by atoms with Crippen LogP contribution in [-0.4, -0.2) is 11.9 Å². The van der Waals surface area contributed by atoms with Crippen LogP contribution in [0.3, 0.4) is 0 Å². The Morgan fingerprint density at radius 2 is 2.12 bits per heavy atom. The van der Waals surface area contributed by atoms with Crippen LogP contribution in [0.4, 0.5) is 0 Å². The standard InChI is InChI=1S/C12H15ClN2O/c1-2-3-11(14)12(16)15-8-9-4-6-10(13)7-5-9/h2,4-7,11H,1,3,8,14H2,(H,15,16). The summed E-state index contributed by atoms with van der Waals surface area (Å²) in [5.74, 6) is -0.171. The smallest absolute Gasteiger partial charge is 0.237 e. The molecule has 0 spiro atoms. The second-order valence-electron chi connectivity index (χ2n) is 3.48. The van der Waals surface area contributed by atoms with E-state index < -0.39 is 6.04 Å². The van der Waals surface area contributed by atoms with Crippen molar-refractivity contribution in [1.29, 1.82) is 0 Å². The minimum atomic E-state index is -0.523. The Kier molecular flexibility index (Phi) is 5.02. The molecule has 16 heavy (non-hydrogen) atoms. The van der Waals surface area contributed by atoms with E-state index in [-0.39, 0.29) is 5.91 Å². The summed E-state index contributed by atoms with van der Waals surface area (Å²) in [4.78, 5) is 11.5. The molecule has 0 aliphatic heterocycles. The molecule has 0 heterocycles. The second-order valence-corrected chi connectivity index (χ2v) is 3.91. The molecular weight excluding hydrogens is 224 g/mol. The van der Waals surface area contributed by atoms with E-state index in [4.69, 9.17) is 17.3 Å². The van der Waals surface area contributed by atoms with Crippen LogP contribution in [0.2, 0.25) is 5.02 Å². The number of amides is 1. The Morgan fingerprint density at radius 1 is 1.50 bits per heavy atom. The van der Waals surface area contributed by atoms with Crippen molar-refractivity contribution in [1.82, 2.24) is 5.32 Å². The summed E-state index contributed by atoms with van der Waals surface area (Å²) in [6, 6.07) is 6.77. The van der Waals surface area contributed by atoms with Crippen molar-refractivity contribution in [3.63, 3.8) is 0 Å². The largest absolute Gasteiger partial charge is 0.351 e. The first-order chi connectivity index (χ1) is 7.63. The predicted octanol–water partition coefficient (Wildman–Crippen LogP) is 1.86. The van der Waals surface area contributed by atoms with Gasteiger partial charge in [0.05, 0.1) is 6.04 Å². The molecule has 1 aromatic rings. The van der Waals surface area contributed by atoms with Crippen molar-refractivity contribution < 1.29 is 4.79 Å². The first-order valence-corrected chi connectivity index (χ1v) is 5.40. The molecule has 3 N–H and O–H groups in total. The highest BCUT2D eigenvalue weighted by Gasteiger charge is 2.10. The molecule has 0 aliphatic carbocycles. The number of rotatable bonds is 5. The van der Waals surface area contributed by atoms with E-state index in [1.807, 2.05) is 12.1 Å². The van der Waals surface area contributed by atoms with Gasteiger partial charge in [0.25, 0.3) is 0 Å². The third-order valence-electron chi connectivity index (χ3n) is 2.14. The summed E-state index contributed by atoms with van der Waals surface area (Å²) >= 11 is 5.75. The Labute approximate surface area is 100 Å². The predicted molar refractivity (Wildman–Crippen MR) is 66.1 cm³/mol. The van der Waals surface area contributed by atoms with Gasteiger partial charge in [-0.15, -0.1) is 6.58 Å².